The topological polar surface area (TPSA) is 44.5 Å². The molecule has 4 heteroatoms. The van der Waals surface area contributed by atoms with Crippen molar-refractivity contribution in [3.05, 3.63) is 52.5 Å². The SMILES string of the molecule is CC(C)Oc1cccc(OCc2cccc(Br)c2)c1N. The molecule has 0 aliphatic carbocycles. The van der Waals surface area contributed by atoms with E-state index in [1.165, 1.54) is 0 Å². The molecule has 2 aromatic rings. The molecule has 2 aromatic carbocycles. The van der Waals surface area contributed by atoms with Gasteiger partial charge in [0.15, 0.2) is 0 Å². The fourth-order valence-corrected chi connectivity index (χ4v) is 2.24. The summed E-state index contributed by atoms with van der Waals surface area (Å²) in [6, 6.07) is 13.6. The summed E-state index contributed by atoms with van der Waals surface area (Å²) in [7, 11) is 0. The highest BCUT2D eigenvalue weighted by atomic mass is 79.9. The molecule has 0 fully saturated rings. The molecule has 20 heavy (non-hydrogen) atoms. The third kappa shape index (κ3) is 3.90. The van der Waals surface area contributed by atoms with Gasteiger partial charge < -0.3 is 15.2 Å². The zero-order valence-electron chi connectivity index (χ0n) is 11.6. The van der Waals surface area contributed by atoms with Crippen LogP contribution in [-0.2, 0) is 6.61 Å². The number of ether oxygens (including phenoxy) is 2. The van der Waals surface area contributed by atoms with Gasteiger partial charge in [-0.2, -0.15) is 0 Å². The van der Waals surface area contributed by atoms with Crippen LogP contribution in [0.2, 0.25) is 0 Å². The Hall–Kier alpha value is -1.68. The highest BCUT2D eigenvalue weighted by Crippen LogP contribution is 2.32. The zero-order valence-corrected chi connectivity index (χ0v) is 13.2. The first kappa shape index (κ1) is 14.7. The minimum absolute atomic E-state index is 0.0811. The summed E-state index contributed by atoms with van der Waals surface area (Å²) in [4.78, 5) is 0. The van der Waals surface area contributed by atoms with E-state index in [1.807, 2.05) is 56.3 Å². The number of para-hydroxylation sites is 1. The molecular formula is C16H18BrNO2. The first-order chi connectivity index (χ1) is 9.56. The second-order valence-electron chi connectivity index (χ2n) is 4.75. The number of halogens is 1. The minimum atomic E-state index is 0.0811. The predicted octanol–water partition coefficient (Wildman–Crippen LogP) is 4.40. The third-order valence-corrected chi connectivity index (χ3v) is 3.17. The largest absolute Gasteiger partial charge is 0.489 e. The second kappa shape index (κ2) is 6.66. The molecule has 0 bridgehead atoms. The molecule has 3 nitrogen and oxygen atoms in total. The van der Waals surface area contributed by atoms with Crippen LogP contribution < -0.4 is 15.2 Å². The molecule has 0 spiro atoms. The van der Waals surface area contributed by atoms with Gasteiger partial charge in [0.05, 0.1) is 6.10 Å². The van der Waals surface area contributed by atoms with Gasteiger partial charge in [-0.05, 0) is 43.7 Å². The molecule has 0 unspecified atom stereocenters. The Kier molecular flexibility index (Phi) is 4.90. The van der Waals surface area contributed by atoms with E-state index in [0.717, 1.165) is 10.0 Å². The summed E-state index contributed by atoms with van der Waals surface area (Å²) in [5, 5.41) is 0. The van der Waals surface area contributed by atoms with Crippen LogP contribution in [0.1, 0.15) is 19.4 Å². The lowest BCUT2D eigenvalue weighted by Gasteiger charge is -2.15. The lowest BCUT2D eigenvalue weighted by atomic mass is 10.2. The fraction of sp³-hybridized carbons (Fsp3) is 0.250. The number of benzene rings is 2. The third-order valence-electron chi connectivity index (χ3n) is 2.67. The minimum Gasteiger partial charge on any atom is -0.489 e. The van der Waals surface area contributed by atoms with Gasteiger partial charge in [-0.15, -0.1) is 0 Å². The summed E-state index contributed by atoms with van der Waals surface area (Å²) >= 11 is 3.44. The molecule has 0 saturated carbocycles. The van der Waals surface area contributed by atoms with Crippen molar-refractivity contribution in [2.24, 2.45) is 0 Å². The quantitative estimate of drug-likeness (QED) is 0.823. The molecule has 0 heterocycles. The maximum absolute atomic E-state index is 6.07. The van der Waals surface area contributed by atoms with Crippen molar-refractivity contribution in [1.82, 2.24) is 0 Å². The van der Waals surface area contributed by atoms with Crippen LogP contribution in [0, 0.1) is 0 Å². The highest BCUT2D eigenvalue weighted by molar-refractivity contribution is 9.10. The molecule has 0 atom stereocenters. The van der Waals surface area contributed by atoms with Gasteiger partial charge in [-0.3, -0.25) is 0 Å². The molecule has 0 amide bonds. The van der Waals surface area contributed by atoms with Gasteiger partial charge in [-0.25, -0.2) is 0 Å². The predicted molar refractivity (Wildman–Crippen MR) is 85.1 cm³/mol. The second-order valence-corrected chi connectivity index (χ2v) is 5.67. The van der Waals surface area contributed by atoms with E-state index >= 15 is 0 Å². The van der Waals surface area contributed by atoms with Gasteiger partial charge in [0.25, 0.3) is 0 Å². The smallest absolute Gasteiger partial charge is 0.146 e. The van der Waals surface area contributed by atoms with Crippen molar-refractivity contribution in [2.75, 3.05) is 5.73 Å². The van der Waals surface area contributed by atoms with E-state index in [9.17, 15) is 0 Å². The van der Waals surface area contributed by atoms with Crippen LogP contribution in [0.4, 0.5) is 5.69 Å². The first-order valence-corrected chi connectivity index (χ1v) is 7.28. The van der Waals surface area contributed by atoms with E-state index in [4.69, 9.17) is 15.2 Å². The van der Waals surface area contributed by atoms with Gasteiger partial charge in [-0.1, -0.05) is 34.1 Å². The average molecular weight is 336 g/mol. The Morgan fingerprint density at radius 3 is 2.50 bits per heavy atom. The van der Waals surface area contributed by atoms with Gasteiger partial charge in [0.1, 0.15) is 23.8 Å². The normalized spacial score (nSPS) is 10.6. The van der Waals surface area contributed by atoms with Crippen LogP contribution in [-0.4, -0.2) is 6.10 Å². The number of nitrogens with two attached hydrogens (primary N) is 1. The maximum Gasteiger partial charge on any atom is 0.146 e. The summed E-state index contributed by atoms with van der Waals surface area (Å²) in [6.45, 7) is 4.40. The van der Waals surface area contributed by atoms with Crippen LogP contribution in [0.25, 0.3) is 0 Å². The van der Waals surface area contributed by atoms with Gasteiger partial charge in [0.2, 0.25) is 0 Å². The molecule has 0 aliphatic heterocycles. The lowest BCUT2D eigenvalue weighted by Crippen LogP contribution is -2.08. The van der Waals surface area contributed by atoms with Crippen molar-refractivity contribution in [3.8, 4) is 11.5 Å². The Balaban J connectivity index is 2.10. The monoisotopic (exact) mass is 335 g/mol. The number of rotatable bonds is 5. The number of anilines is 1. The summed E-state index contributed by atoms with van der Waals surface area (Å²) in [5.74, 6) is 1.30. The molecular weight excluding hydrogens is 318 g/mol. The zero-order chi connectivity index (χ0) is 14.5. The van der Waals surface area contributed by atoms with Crippen LogP contribution >= 0.6 is 15.9 Å². The van der Waals surface area contributed by atoms with Crippen molar-refractivity contribution >= 4 is 21.6 Å². The molecule has 0 aromatic heterocycles. The van der Waals surface area contributed by atoms with E-state index in [0.29, 0.717) is 23.8 Å². The molecule has 2 N–H and O–H groups in total. The van der Waals surface area contributed by atoms with Gasteiger partial charge >= 0.3 is 0 Å². The van der Waals surface area contributed by atoms with E-state index in [-0.39, 0.29) is 6.10 Å². The molecule has 106 valence electrons. The molecule has 2 rings (SSSR count). The van der Waals surface area contributed by atoms with Crippen LogP contribution in [0.3, 0.4) is 0 Å². The Morgan fingerprint density at radius 2 is 1.80 bits per heavy atom. The summed E-state index contributed by atoms with van der Waals surface area (Å²) < 4.78 is 12.4. The maximum atomic E-state index is 6.07. The highest BCUT2D eigenvalue weighted by Gasteiger charge is 2.08. The fourth-order valence-electron chi connectivity index (χ4n) is 1.79. The number of nitrogen functional groups attached to an aromatic ring is 1. The van der Waals surface area contributed by atoms with E-state index < -0.39 is 0 Å². The molecule has 0 radical (unpaired) electrons. The first-order valence-electron chi connectivity index (χ1n) is 6.48. The van der Waals surface area contributed by atoms with E-state index in [1.54, 1.807) is 0 Å². The molecule has 0 saturated heterocycles. The van der Waals surface area contributed by atoms with Crippen LogP contribution in [0.5, 0.6) is 11.5 Å². The number of hydrogen-bond donors (Lipinski definition) is 1. The van der Waals surface area contributed by atoms with Gasteiger partial charge in [0, 0.05) is 4.47 Å². The van der Waals surface area contributed by atoms with Crippen molar-refractivity contribution in [1.29, 1.82) is 0 Å². The summed E-state index contributed by atoms with van der Waals surface area (Å²) in [5.41, 5.74) is 7.68. The van der Waals surface area contributed by atoms with Crippen molar-refractivity contribution < 1.29 is 9.47 Å². The Bertz CT molecular complexity index is 584. The van der Waals surface area contributed by atoms with Crippen LogP contribution in [0.15, 0.2) is 46.9 Å². The van der Waals surface area contributed by atoms with E-state index in [2.05, 4.69) is 15.9 Å². The summed E-state index contributed by atoms with van der Waals surface area (Å²) in [6.07, 6.45) is 0.0811. The van der Waals surface area contributed by atoms with Crippen molar-refractivity contribution in [3.63, 3.8) is 0 Å². The Morgan fingerprint density at radius 1 is 1.10 bits per heavy atom. The average Bonchev–Trinajstić information content (AvgIpc) is 2.39. The lowest BCUT2D eigenvalue weighted by molar-refractivity contribution is 0.241. The van der Waals surface area contributed by atoms with Crippen molar-refractivity contribution in [2.45, 2.75) is 26.6 Å². The Labute approximate surface area is 127 Å². The standard InChI is InChI=1S/C16H18BrNO2/c1-11(2)20-15-8-4-7-14(16(15)18)19-10-12-5-3-6-13(17)9-12/h3-9,11H,10,18H2,1-2H3. The number of hydrogen-bond acceptors (Lipinski definition) is 3. The molecule has 0 aliphatic rings.